The third-order valence-electron chi connectivity index (χ3n) is 3.09. The number of hydrogen-bond donors (Lipinski definition) is 1. The lowest BCUT2D eigenvalue weighted by atomic mass is 10.2. The van der Waals surface area contributed by atoms with Crippen molar-refractivity contribution in [1.82, 2.24) is 10.2 Å². The van der Waals surface area contributed by atoms with Gasteiger partial charge in [0.1, 0.15) is 11.6 Å². The highest BCUT2D eigenvalue weighted by Crippen LogP contribution is 2.09. The van der Waals surface area contributed by atoms with Crippen LogP contribution in [-0.4, -0.2) is 36.9 Å². The van der Waals surface area contributed by atoms with Crippen LogP contribution in [0.4, 0.5) is 8.78 Å². The summed E-state index contributed by atoms with van der Waals surface area (Å²) in [5.74, 6) is -1.83. The molecule has 122 valence electrons. The number of nitrogens with one attached hydrogen (secondary N) is 1. The van der Waals surface area contributed by atoms with Crippen LogP contribution < -0.4 is 5.32 Å². The summed E-state index contributed by atoms with van der Waals surface area (Å²) >= 11 is 0. The van der Waals surface area contributed by atoms with Gasteiger partial charge >= 0.3 is 0 Å². The summed E-state index contributed by atoms with van der Waals surface area (Å²) in [6, 6.07) is 2.79. The fourth-order valence-electron chi connectivity index (χ4n) is 2.05. The van der Waals surface area contributed by atoms with E-state index >= 15 is 0 Å². The zero-order valence-corrected chi connectivity index (χ0v) is 13.2. The van der Waals surface area contributed by atoms with E-state index in [2.05, 4.69) is 5.32 Å². The van der Waals surface area contributed by atoms with E-state index in [0.717, 1.165) is 12.1 Å². The molecule has 0 saturated carbocycles. The van der Waals surface area contributed by atoms with E-state index in [1.165, 1.54) is 0 Å². The molecule has 6 heteroatoms. The van der Waals surface area contributed by atoms with Gasteiger partial charge in [-0.3, -0.25) is 9.59 Å². The molecular formula is C16H22F2N2O2. The molecular weight excluding hydrogens is 290 g/mol. The number of benzene rings is 1. The van der Waals surface area contributed by atoms with E-state index in [4.69, 9.17) is 0 Å². The van der Waals surface area contributed by atoms with Crippen LogP contribution >= 0.6 is 0 Å². The van der Waals surface area contributed by atoms with E-state index < -0.39 is 17.5 Å². The number of carbonyl (C=O) groups excluding carboxylic acids is 2. The first kappa shape index (κ1) is 18.1. The standard InChI is InChI=1S/C16H22F2N2O2/c1-11(2)10-20(3)15(21)5-4-8-19-16(22)13-7-6-12(17)9-14(13)18/h6-7,9,11H,4-5,8,10H2,1-3H3,(H,19,22). The van der Waals surface area contributed by atoms with Crippen LogP contribution in [0.5, 0.6) is 0 Å². The molecule has 1 rings (SSSR count). The first-order valence-electron chi connectivity index (χ1n) is 7.28. The van der Waals surface area contributed by atoms with Gasteiger partial charge in [0, 0.05) is 32.6 Å². The van der Waals surface area contributed by atoms with Gasteiger partial charge in [0.25, 0.3) is 5.91 Å². The summed E-state index contributed by atoms with van der Waals surface area (Å²) in [7, 11) is 1.74. The van der Waals surface area contributed by atoms with Crippen molar-refractivity contribution in [2.75, 3.05) is 20.1 Å². The van der Waals surface area contributed by atoms with E-state index in [1.807, 2.05) is 13.8 Å². The molecule has 4 nitrogen and oxygen atoms in total. The Morgan fingerprint density at radius 3 is 2.55 bits per heavy atom. The summed E-state index contributed by atoms with van der Waals surface area (Å²) in [5, 5.41) is 2.52. The summed E-state index contributed by atoms with van der Waals surface area (Å²) in [5.41, 5.74) is -0.204. The minimum atomic E-state index is -0.898. The molecule has 1 N–H and O–H groups in total. The first-order chi connectivity index (χ1) is 10.3. The number of carbonyl (C=O) groups is 2. The fraction of sp³-hybridized carbons (Fsp3) is 0.500. The molecule has 0 heterocycles. The molecule has 0 saturated heterocycles. The molecule has 0 bridgehead atoms. The van der Waals surface area contributed by atoms with Crippen LogP contribution in [0.25, 0.3) is 0 Å². The lowest BCUT2D eigenvalue weighted by Gasteiger charge is -2.19. The summed E-state index contributed by atoms with van der Waals surface area (Å²) in [6.45, 7) is 5.01. The highest BCUT2D eigenvalue weighted by atomic mass is 19.1. The molecule has 0 aliphatic heterocycles. The summed E-state index contributed by atoms with van der Waals surface area (Å²) in [6.07, 6.45) is 0.783. The molecule has 0 spiro atoms. The zero-order valence-electron chi connectivity index (χ0n) is 13.2. The topological polar surface area (TPSA) is 49.4 Å². The molecule has 1 aromatic carbocycles. The average molecular weight is 312 g/mol. The predicted octanol–water partition coefficient (Wildman–Crippen LogP) is 2.59. The number of amides is 2. The summed E-state index contributed by atoms with van der Waals surface area (Å²) < 4.78 is 26.2. The lowest BCUT2D eigenvalue weighted by molar-refractivity contribution is -0.130. The number of rotatable bonds is 7. The Morgan fingerprint density at radius 2 is 1.95 bits per heavy atom. The van der Waals surface area contributed by atoms with Gasteiger partial charge in [0.2, 0.25) is 5.91 Å². The van der Waals surface area contributed by atoms with Gasteiger partial charge in [-0.15, -0.1) is 0 Å². The molecule has 2 amide bonds. The Balaban J connectivity index is 2.35. The molecule has 0 unspecified atom stereocenters. The molecule has 22 heavy (non-hydrogen) atoms. The van der Waals surface area contributed by atoms with Crippen molar-refractivity contribution in [3.8, 4) is 0 Å². The number of halogens is 2. The van der Waals surface area contributed by atoms with Crippen molar-refractivity contribution < 1.29 is 18.4 Å². The maximum absolute atomic E-state index is 13.4. The van der Waals surface area contributed by atoms with Gasteiger partial charge < -0.3 is 10.2 Å². The quantitative estimate of drug-likeness (QED) is 0.787. The second-order valence-electron chi connectivity index (χ2n) is 5.65. The van der Waals surface area contributed by atoms with E-state index in [1.54, 1.807) is 11.9 Å². The Kier molecular flexibility index (Phi) is 6.95. The van der Waals surface area contributed by atoms with E-state index in [0.29, 0.717) is 31.4 Å². The molecule has 0 radical (unpaired) electrons. The van der Waals surface area contributed by atoms with Crippen LogP contribution in [0.1, 0.15) is 37.0 Å². The van der Waals surface area contributed by atoms with Crippen LogP contribution in [0.2, 0.25) is 0 Å². The Bertz CT molecular complexity index is 533. The molecule has 0 fully saturated rings. The van der Waals surface area contributed by atoms with Gasteiger partial charge in [-0.1, -0.05) is 13.8 Å². The van der Waals surface area contributed by atoms with Crippen LogP contribution in [-0.2, 0) is 4.79 Å². The van der Waals surface area contributed by atoms with Crippen molar-refractivity contribution in [2.24, 2.45) is 5.92 Å². The third kappa shape index (κ3) is 5.79. The van der Waals surface area contributed by atoms with Crippen LogP contribution in [0.15, 0.2) is 18.2 Å². The minimum absolute atomic E-state index is 0.0101. The van der Waals surface area contributed by atoms with Gasteiger partial charge in [0.05, 0.1) is 5.56 Å². The second kappa shape index (κ2) is 8.46. The smallest absolute Gasteiger partial charge is 0.254 e. The second-order valence-corrected chi connectivity index (χ2v) is 5.65. The van der Waals surface area contributed by atoms with E-state index in [9.17, 15) is 18.4 Å². The largest absolute Gasteiger partial charge is 0.352 e. The molecule has 0 atom stereocenters. The highest BCUT2D eigenvalue weighted by Gasteiger charge is 2.13. The molecule has 0 aliphatic carbocycles. The highest BCUT2D eigenvalue weighted by molar-refractivity contribution is 5.94. The summed E-state index contributed by atoms with van der Waals surface area (Å²) in [4.78, 5) is 25.2. The van der Waals surface area contributed by atoms with Gasteiger partial charge in [-0.2, -0.15) is 0 Å². The van der Waals surface area contributed by atoms with Gasteiger partial charge in [0.15, 0.2) is 0 Å². The Hall–Kier alpha value is -1.98. The Morgan fingerprint density at radius 1 is 1.27 bits per heavy atom. The minimum Gasteiger partial charge on any atom is -0.352 e. The van der Waals surface area contributed by atoms with Crippen molar-refractivity contribution in [2.45, 2.75) is 26.7 Å². The molecule has 0 aliphatic rings. The van der Waals surface area contributed by atoms with Crippen molar-refractivity contribution in [3.05, 3.63) is 35.4 Å². The maximum atomic E-state index is 13.4. The first-order valence-corrected chi connectivity index (χ1v) is 7.28. The molecule has 1 aromatic rings. The van der Waals surface area contributed by atoms with Gasteiger partial charge in [-0.05, 0) is 24.5 Å². The van der Waals surface area contributed by atoms with Crippen LogP contribution in [0.3, 0.4) is 0 Å². The SMILES string of the molecule is CC(C)CN(C)C(=O)CCCNC(=O)c1ccc(F)cc1F. The van der Waals surface area contributed by atoms with Crippen LogP contribution in [0, 0.1) is 17.6 Å². The van der Waals surface area contributed by atoms with Gasteiger partial charge in [-0.25, -0.2) is 8.78 Å². The third-order valence-corrected chi connectivity index (χ3v) is 3.09. The monoisotopic (exact) mass is 312 g/mol. The molecule has 0 aromatic heterocycles. The fourth-order valence-corrected chi connectivity index (χ4v) is 2.05. The van der Waals surface area contributed by atoms with Crippen molar-refractivity contribution in [3.63, 3.8) is 0 Å². The number of nitrogens with zero attached hydrogens (tertiary/aromatic N) is 1. The van der Waals surface area contributed by atoms with Crippen molar-refractivity contribution in [1.29, 1.82) is 0 Å². The maximum Gasteiger partial charge on any atom is 0.254 e. The normalized spacial score (nSPS) is 10.6. The predicted molar refractivity (Wildman–Crippen MR) is 80.4 cm³/mol. The van der Waals surface area contributed by atoms with Crippen molar-refractivity contribution >= 4 is 11.8 Å². The Labute approximate surface area is 129 Å². The lowest BCUT2D eigenvalue weighted by Crippen LogP contribution is -2.31. The number of hydrogen-bond acceptors (Lipinski definition) is 2. The average Bonchev–Trinajstić information content (AvgIpc) is 2.42. The van der Waals surface area contributed by atoms with E-state index in [-0.39, 0.29) is 18.0 Å². The zero-order chi connectivity index (χ0) is 16.7.